The van der Waals surface area contributed by atoms with E-state index in [1.54, 1.807) is 17.5 Å². The van der Waals surface area contributed by atoms with E-state index >= 15 is 0 Å². The number of hydrogen-bond donors (Lipinski definition) is 2. The molecule has 2 N–H and O–H groups in total. The number of carbonyl (C=O) groups excluding carboxylic acids is 1. The zero-order chi connectivity index (χ0) is 18.7. The van der Waals surface area contributed by atoms with Gasteiger partial charge in [0.2, 0.25) is 5.91 Å². The van der Waals surface area contributed by atoms with Gasteiger partial charge in [0.1, 0.15) is 0 Å². The summed E-state index contributed by atoms with van der Waals surface area (Å²) >= 11 is 2.76. The quantitative estimate of drug-likeness (QED) is 0.649. The number of carbonyl (C=O) groups is 1. The standard InChI is InChI=1S/C16H16N4O3S3/c1-10-8-24-15(17-10)20-14(21)7-12-9-25-16(19-12)18-11-3-5-13(6-4-11)26(2,22)23/h3-6,8-9H,7H2,1-2H3,(H,18,19)(H,17,20,21). The monoisotopic (exact) mass is 408 g/mol. The van der Waals surface area contributed by atoms with Crippen molar-refractivity contribution < 1.29 is 13.2 Å². The molecule has 0 fully saturated rings. The minimum Gasteiger partial charge on any atom is -0.332 e. The molecule has 3 rings (SSSR count). The van der Waals surface area contributed by atoms with Gasteiger partial charge < -0.3 is 10.6 Å². The second kappa shape index (κ2) is 7.52. The minimum atomic E-state index is -3.22. The van der Waals surface area contributed by atoms with Crippen LogP contribution in [0.1, 0.15) is 11.4 Å². The number of nitrogens with one attached hydrogen (secondary N) is 2. The normalized spacial score (nSPS) is 11.3. The molecule has 0 atom stereocenters. The number of sulfone groups is 1. The fraction of sp³-hybridized carbons (Fsp3) is 0.188. The highest BCUT2D eigenvalue weighted by Crippen LogP contribution is 2.23. The first-order valence-electron chi connectivity index (χ1n) is 7.53. The summed E-state index contributed by atoms with van der Waals surface area (Å²) in [6, 6.07) is 6.43. The van der Waals surface area contributed by atoms with Crippen LogP contribution in [0.5, 0.6) is 0 Å². The molecular formula is C16H16N4O3S3. The summed E-state index contributed by atoms with van der Waals surface area (Å²) in [5, 5.41) is 10.7. The van der Waals surface area contributed by atoms with Crippen LogP contribution in [0.3, 0.4) is 0 Å². The van der Waals surface area contributed by atoms with Crippen molar-refractivity contribution >= 4 is 54.4 Å². The summed E-state index contributed by atoms with van der Waals surface area (Å²) in [7, 11) is -3.22. The van der Waals surface area contributed by atoms with E-state index in [2.05, 4.69) is 20.6 Å². The van der Waals surface area contributed by atoms with E-state index in [1.165, 1.54) is 41.1 Å². The lowest BCUT2D eigenvalue weighted by Crippen LogP contribution is -2.14. The van der Waals surface area contributed by atoms with Gasteiger partial charge in [-0.2, -0.15) is 0 Å². The number of hydrogen-bond acceptors (Lipinski definition) is 8. The molecule has 2 heterocycles. The minimum absolute atomic E-state index is 0.157. The molecular weight excluding hydrogens is 392 g/mol. The molecule has 10 heteroatoms. The lowest BCUT2D eigenvalue weighted by molar-refractivity contribution is -0.115. The second-order valence-corrected chi connectivity index (χ2v) is 9.32. The largest absolute Gasteiger partial charge is 0.332 e. The zero-order valence-corrected chi connectivity index (χ0v) is 16.5. The Balaban J connectivity index is 1.60. The number of nitrogens with zero attached hydrogens (tertiary/aromatic N) is 2. The van der Waals surface area contributed by atoms with Crippen molar-refractivity contribution in [2.24, 2.45) is 0 Å². The Morgan fingerprint density at radius 1 is 1.08 bits per heavy atom. The molecule has 0 bridgehead atoms. The molecule has 2 aromatic heterocycles. The molecule has 0 saturated carbocycles. The summed E-state index contributed by atoms with van der Waals surface area (Å²) in [6.07, 6.45) is 1.32. The fourth-order valence-corrected chi connectivity index (χ4v) is 4.16. The molecule has 0 aliphatic carbocycles. The van der Waals surface area contributed by atoms with Crippen LogP contribution in [0.25, 0.3) is 0 Å². The smallest absolute Gasteiger partial charge is 0.232 e. The number of thiazole rings is 2. The lowest BCUT2D eigenvalue weighted by atomic mass is 10.3. The summed E-state index contributed by atoms with van der Waals surface area (Å²) in [5.41, 5.74) is 2.24. The van der Waals surface area contributed by atoms with E-state index in [0.29, 0.717) is 16.0 Å². The maximum atomic E-state index is 12.0. The van der Waals surface area contributed by atoms with E-state index < -0.39 is 9.84 Å². The van der Waals surface area contributed by atoms with Gasteiger partial charge in [0.25, 0.3) is 0 Å². The first kappa shape index (κ1) is 18.5. The number of rotatable bonds is 6. The molecule has 0 spiro atoms. The van der Waals surface area contributed by atoms with E-state index in [1.807, 2.05) is 12.3 Å². The average Bonchev–Trinajstić information content (AvgIpc) is 3.16. The molecule has 0 unspecified atom stereocenters. The molecule has 3 aromatic rings. The van der Waals surface area contributed by atoms with Gasteiger partial charge in [-0.15, -0.1) is 22.7 Å². The van der Waals surface area contributed by atoms with Crippen LogP contribution >= 0.6 is 22.7 Å². The Kier molecular flexibility index (Phi) is 5.35. The van der Waals surface area contributed by atoms with Gasteiger partial charge in [0, 0.05) is 22.7 Å². The van der Waals surface area contributed by atoms with Crippen molar-refractivity contribution in [3.05, 3.63) is 46.4 Å². The molecule has 0 aliphatic heterocycles. The molecule has 0 aliphatic rings. The van der Waals surface area contributed by atoms with Gasteiger partial charge in [0.05, 0.1) is 22.7 Å². The third kappa shape index (κ3) is 4.87. The lowest BCUT2D eigenvalue weighted by Gasteiger charge is -2.04. The summed E-state index contributed by atoms with van der Waals surface area (Å²) in [5.74, 6) is -0.172. The van der Waals surface area contributed by atoms with Crippen molar-refractivity contribution in [3.8, 4) is 0 Å². The van der Waals surface area contributed by atoms with Crippen LogP contribution in [-0.4, -0.2) is 30.5 Å². The number of amides is 1. The summed E-state index contributed by atoms with van der Waals surface area (Å²) in [6.45, 7) is 1.87. The zero-order valence-electron chi connectivity index (χ0n) is 14.0. The van der Waals surface area contributed by atoms with Gasteiger partial charge in [-0.1, -0.05) is 0 Å². The van der Waals surface area contributed by atoms with Crippen molar-refractivity contribution in [3.63, 3.8) is 0 Å². The van der Waals surface area contributed by atoms with Crippen LogP contribution in [0, 0.1) is 6.92 Å². The van der Waals surface area contributed by atoms with E-state index in [0.717, 1.165) is 11.4 Å². The molecule has 0 radical (unpaired) electrons. The second-order valence-electron chi connectivity index (χ2n) is 5.58. The molecule has 136 valence electrons. The van der Waals surface area contributed by atoms with Crippen molar-refractivity contribution in [1.29, 1.82) is 0 Å². The summed E-state index contributed by atoms with van der Waals surface area (Å²) in [4.78, 5) is 20.9. The van der Waals surface area contributed by atoms with Crippen molar-refractivity contribution in [2.45, 2.75) is 18.2 Å². The molecule has 1 amide bonds. The predicted molar refractivity (Wildman–Crippen MR) is 104 cm³/mol. The van der Waals surface area contributed by atoms with Crippen LogP contribution < -0.4 is 10.6 Å². The van der Waals surface area contributed by atoms with Crippen LogP contribution in [0.2, 0.25) is 0 Å². The number of aryl methyl sites for hydroxylation is 1. The van der Waals surface area contributed by atoms with Gasteiger partial charge in [-0.3, -0.25) is 4.79 Å². The van der Waals surface area contributed by atoms with Crippen molar-refractivity contribution in [1.82, 2.24) is 9.97 Å². The van der Waals surface area contributed by atoms with Gasteiger partial charge in [0.15, 0.2) is 20.1 Å². The summed E-state index contributed by atoms with van der Waals surface area (Å²) < 4.78 is 22.9. The van der Waals surface area contributed by atoms with Gasteiger partial charge in [-0.05, 0) is 31.2 Å². The highest BCUT2D eigenvalue weighted by Gasteiger charge is 2.11. The fourth-order valence-electron chi connectivity index (χ4n) is 2.09. The number of benzene rings is 1. The molecule has 1 aromatic carbocycles. The SMILES string of the molecule is Cc1csc(NC(=O)Cc2csc(Nc3ccc(S(C)(=O)=O)cc3)n2)n1. The number of anilines is 3. The molecule has 7 nitrogen and oxygen atoms in total. The Hall–Kier alpha value is -2.30. The highest BCUT2D eigenvalue weighted by atomic mass is 32.2. The highest BCUT2D eigenvalue weighted by molar-refractivity contribution is 7.90. The van der Waals surface area contributed by atoms with Gasteiger partial charge >= 0.3 is 0 Å². The maximum absolute atomic E-state index is 12.0. The average molecular weight is 409 g/mol. The molecule has 26 heavy (non-hydrogen) atoms. The first-order chi connectivity index (χ1) is 12.3. The first-order valence-corrected chi connectivity index (χ1v) is 11.2. The third-order valence-corrected chi connectivity index (χ3v) is 6.10. The van der Waals surface area contributed by atoms with E-state index in [9.17, 15) is 13.2 Å². The maximum Gasteiger partial charge on any atom is 0.232 e. The predicted octanol–water partition coefficient (Wildman–Crippen LogP) is 3.24. The van der Waals surface area contributed by atoms with Crippen molar-refractivity contribution in [2.75, 3.05) is 16.9 Å². The molecule has 0 saturated heterocycles. The Morgan fingerprint density at radius 2 is 1.77 bits per heavy atom. The Morgan fingerprint density at radius 3 is 2.38 bits per heavy atom. The topological polar surface area (TPSA) is 101 Å². The Bertz CT molecular complexity index is 1020. The van der Waals surface area contributed by atoms with E-state index in [4.69, 9.17) is 0 Å². The number of aromatic nitrogens is 2. The van der Waals surface area contributed by atoms with E-state index in [-0.39, 0.29) is 17.2 Å². The van der Waals surface area contributed by atoms with Gasteiger partial charge in [-0.25, -0.2) is 18.4 Å². The van der Waals surface area contributed by atoms with Crippen LogP contribution in [0.4, 0.5) is 16.0 Å². The Labute approximate surface area is 159 Å². The third-order valence-electron chi connectivity index (χ3n) is 3.29. The van der Waals surface area contributed by atoms with Crippen LogP contribution in [0.15, 0.2) is 39.9 Å². The van der Waals surface area contributed by atoms with Crippen LogP contribution in [-0.2, 0) is 21.1 Å².